The zero-order valence-corrected chi connectivity index (χ0v) is 11.6. The normalized spacial score (nSPS) is 28.6. The Morgan fingerprint density at radius 3 is 2.35 bits per heavy atom. The predicted molar refractivity (Wildman–Crippen MR) is 70.2 cm³/mol. The second-order valence-electron chi connectivity index (χ2n) is 5.51. The van der Waals surface area contributed by atoms with Crippen LogP contribution >= 0.6 is 0 Å². The van der Waals surface area contributed by atoms with Gasteiger partial charge in [-0.3, -0.25) is 4.90 Å². The Morgan fingerprint density at radius 2 is 1.88 bits per heavy atom. The number of hydrogen-bond donors (Lipinski definition) is 2. The largest absolute Gasteiger partial charge is 0.395 e. The Balaban J connectivity index is 2.28. The quantitative estimate of drug-likeness (QED) is 0.727. The molecule has 0 radical (unpaired) electrons. The summed E-state index contributed by atoms with van der Waals surface area (Å²) in [6.07, 6.45) is 1.64. The van der Waals surface area contributed by atoms with Gasteiger partial charge >= 0.3 is 0 Å². The van der Waals surface area contributed by atoms with Crippen LogP contribution in [-0.2, 0) is 4.74 Å². The van der Waals surface area contributed by atoms with E-state index in [1.54, 1.807) is 0 Å². The van der Waals surface area contributed by atoms with Crippen molar-refractivity contribution >= 4 is 0 Å². The van der Waals surface area contributed by atoms with E-state index in [4.69, 9.17) is 4.74 Å². The number of aliphatic hydroxyl groups is 1. The zero-order valence-electron chi connectivity index (χ0n) is 11.6. The van der Waals surface area contributed by atoms with Crippen molar-refractivity contribution in [3.63, 3.8) is 0 Å². The maximum absolute atomic E-state index is 9.30. The Kier molecular flexibility index (Phi) is 6.41. The molecule has 3 unspecified atom stereocenters. The van der Waals surface area contributed by atoms with Gasteiger partial charge in [-0.25, -0.2) is 0 Å². The fourth-order valence-corrected chi connectivity index (χ4v) is 2.50. The molecule has 1 saturated heterocycles. The Hall–Kier alpha value is -0.160. The molecule has 1 fully saturated rings. The summed E-state index contributed by atoms with van der Waals surface area (Å²) in [5.74, 6) is 0. The molecule has 0 bridgehead atoms. The van der Waals surface area contributed by atoms with Crippen LogP contribution in [0, 0.1) is 0 Å². The van der Waals surface area contributed by atoms with E-state index in [1.807, 2.05) is 0 Å². The fourth-order valence-electron chi connectivity index (χ4n) is 2.50. The van der Waals surface area contributed by atoms with E-state index < -0.39 is 0 Å². The van der Waals surface area contributed by atoms with Crippen molar-refractivity contribution in [2.75, 3.05) is 26.2 Å². The lowest BCUT2D eigenvalue weighted by molar-refractivity contribution is -0.0688. The first-order chi connectivity index (χ1) is 8.01. The Labute approximate surface area is 105 Å². The lowest BCUT2D eigenvalue weighted by Gasteiger charge is -2.36. The van der Waals surface area contributed by atoms with Crippen LogP contribution < -0.4 is 5.32 Å². The third-order valence-electron chi connectivity index (χ3n) is 3.08. The van der Waals surface area contributed by atoms with Crippen LogP contribution in [0.25, 0.3) is 0 Å². The molecule has 0 aromatic heterocycles. The average molecular weight is 244 g/mol. The molecule has 0 spiro atoms. The summed E-state index contributed by atoms with van der Waals surface area (Å²) >= 11 is 0. The van der Waals surface area contributed by atoms with Gasteiger partial charge in [0, 0.05) is 25.2 Å². The molecule has 0 saturated carbocycles. The van der Waals surface area contributed by atoms with Gasteiger partial charge < -0.3 is 15.2 Å². The van der Waals surface area contributed by atoms with Gasteiger partial charge in [-0.05, 0) is 26.8 Å². The summed E-state index contributed by atoms with van der Waals surface area (Å²) in [7, 11) is 0. The highest BCUT2D eigenvalue weighted by molar-refractivity contribution is 4.76. The number of aliphatic hydroxyl groups excluding tert-OH is 1. The molecule has 0 aromatic rings. The van der Waals surface area contributed by atoms with Gasteiger partial charge in [0.2, 0.25) is 0 Å². The number of morpholine rings is 1. The molecule has 4 nitrogen and oxygen atoms in total. The number of hydrogen-bond acceptors (Lipinski definition) is 4. The summed E-state index contributed by atoms with van der Waals surface area (Å²) in [4.78, 5) is 2.43. The molecule has 2 N–H and O–H groups in total. The van der Waals surface area contributed by atoms with E-state index in [-0.39, 0.29) is 12.6 Å². The lowest BCUT2D eigenvalue weighted by atomic mass is 10.1. The highest BCUT2D eigenvalue weighted by atomic mass is 16.5. The van der Waals surface area contributed by atoms with E-state index in [9.17, 15) is 5.11 Å². The van der Waals surface area contributed by atoms with Gasteiger partial charge in [0.25, 0.3) is 0 Å². The molecule has 102 valence electrons. The van der Waals surface area contributed by atoms with Gasteiger partial charge in [-0.15, -0.1) is 0 Å². The molecule has 1 heterocycles. The minimum Gasteiger partial charge on any atom is -0.395 e. The van der Waals surface area contributed by atoms with Gasteiger partial charge in [0.15, 0.2) is 0 Å². The molecule has 1 rings (SSSR count). The molecule has 0 aromatic carbocycles. The predicted octanol–water partition coefficient (Wildman–Crippen LogP) is 0.845. The second kappa shape index (κ2) is 7.31. The molecular weight excluding hydrogens is 216 g/mol. The van der Waals surface area contributed by atoms with Crippen LogP contribution in [0.2, 0.25) is 0 Å². The second-order valence-corrected chi connectivity index (χ2v) is 5.51. The van der Waals surface area contributed by atoms with E-state index in [2.05, 4.69) is 37.9 Å². The van der Waals surface area contributed by atoms with Crippen LogP contribution in [0.15, 0.2) is 0 Å². The van der Waals surface area contributed by atoms with Crippen LogP contribution in [0.1, 0.15) is 34.1 Å². The smallest absolute Gasteiger partial charge is 0.0678 e. The summed E-state index contributed by atoms with van der Waals surface area (Å²) in [6, 6.07) is 0.637. The standard InChI is InChI=1S/C13H28N2O2/c1-10(2)14-13(9-16)5-6-15-7-11(3)17-12(4)8-15/h10-14,16H,5-9H2,1-4H3. The zero-order chi connectivity index (χ0) is 12.8. The van der Waals surface area contributed by atoms with Crippen LogP contribution in [0.4, 0.5) is 0 Å². The minimum atomic E-state index is 0.212. The minimum absolute atomic E-state index is 0.212. The first-order valence-electron chi connectivity index (χ1n) is 6.76. The fraction of sp³-hybridized carbons (Fsp3) is 1.00. The van der Waals surface area contributed by atoms with Gasteiger partial charge in [0.1, 0.15) is 0 Å². The number of rotatable bonds is 6. The first-order valence-corrected chi connectivity index (χ1v) is 6.76. The maximum Gasteiger partial charge on any atom is 0.0678 e. The van der Waals surface area contributed by atoms with Gasteiger partial charge in [0.05, 0.1) is 18.8 Å². The summed E-state index contributed by atoms with van der Waals surface area (Å²) in [5.41, 5.74) is 0. The van der Waals surface area contributed by atoms with Crippen molar-refractivity contribution in [2.45, 2.75) is 58.4 Å². The Morgan fingerprint density at radius 1 is 1.29 bits per heavy atom. The van der Waals surface area contributed by atoms with Crippen molar-refractivity contribution in [2.24, 2.45) is 0 Å². The SMILES string of the molecule is CC(C)NC(CO)CCN1CC(C)OC(C)C1. The van der Waals surface area contributed by atoms with Crippen molar-refractivity contribution in [3.05, 3.63) is 0 Å². The highest BCUT2D eigenvalue weighted by Crippen LogP contribution is 2.11. The molecular formula is C13H28N2O2. The first kappa shape index (κ1) is 14.9. The van der Waals surface area contributed by atoms with Crippen LogP contribution in [0.5, 0.6) is 0 Å². The van der Waals surface area contributed by atoms with Crippen molar-refractivity contribution in [1.29, 1.82) is 0 Å². The van der Waals surface area contributed by atoms with Gasteiger partial charge in [-0.1, -0.05) is 13.8 Å². The van der Waals surface area contributed by atoms with Crippen molar-refractivity contribution in [1.82, 2.24) is 10.2 Å². The average Bonchev–Trinajstić information content (AvgIpc) is 2.22. The Bertz CT molecular complexity index is 202. The summed E-state index contributed by atoms with van der Waals surface area (Å²) in [6.45, 7) is 11.7. The summed E-state index contributed by atoms with van der Waals surface area (Å²) < 4.78 is 5.71. The lowest BCUT2D eigenvalue weighted by Crippen LogP contribution is -2.47. The molecule has 3 atom stereocenters. The molecule has 4 heteroatoms. The molecule has 1 aliphatic rings. The van der Waals surface area contributed by atoms with Crippen molar-refractivity contribution in [3.8, 4) is 0 Å². The van der Waals surface area contributed by atoms with Crippen molar-refractivity contribution < 1.29 is 9.84 Å². The maximum atomic E-state index is 9.30. The third-order valence-corrected chi connectivity index (χ3v) is 3.08. The molecule has 0 aliphatic carbocycles. The number of nitrogens with one attached hydrogen (secondary N) is 1. The number of ether oxygens (including phenoxy) is 1. The number of nitrogens with zero attached hydrogens (tertiary/aromatic N) is 1. The van der Waals surface area contributed by atoms with E-state index >= 15 is 0 Å². The van der Waals surface area contributed by atoms with E-state index in [0.29, 0.717) is 18.2 Å². The third kappa shape index (κ3) is 5.82. The molecule has 17 heavy (non-hydrogen) atoms. The highest BCUT2D eigenvalue weighted by Gasteiger charge is 2.22. The van der Waals surface area contributed by atoms with E-state index in [0.717, 1.165) is 26.1 Å². The van der Waals surface area contributed by atoms with E-state index in [1.165, 1.54) is 0 Å². The van der Waals surface area contributed by atoms with Crippen LogP contribution in [0.3, 0.4) is 0 Å². The topological polar surface area (TPSA) is 44.7 Å². The molecule has 1 aliphatic heterocycles. The van der Waals surface area contributed by atoms with Gasteiger partial charge in [-0.2, -0.15) is 0 Å². The van der Waals surface area contributed by atoms with Crippen LogP contribution in [-0.4, -0.2) is 60.5 Å². The monoisotopic (exact) mass is 244 g/mol. The summed E-state index contributed by atoms with van der Waals surface area (Å²) in [5, 5.41) is 12.7. The molecule has 0 amide bonds.